The van der Waals surface area contributed by atoms with Gasteiger partial charge >= 0.3 is 0 Å². The molecule has 9 heteroatoms. The van der Waals surface area contributed by atoms with Crippen LogP contribution >= 0.6 is 0 Å². The Hall–Kier alpha value is -2.94. The summed E-state index contributed by atoms with van der Waals surface area (Å²) in [4.78, 5) is 12.4. The summed E-state index contributed by atoms with van der Waals surface area (Å²) in [5, 5.41) is 2.73. The number of hydrogen-bond donors (Lipinski definition) is 1. The summed E-state index contributed by atoms with van der Waals surface area (Å²) in [6.07, 6.45) is 1.06. The van der Waals surface area contributed by atoms with Gasteiger partial charge in [-0.15, -0.1) is 0 Å². The van der Waals surface area contributed by atoms with E-state index in [1.165, 1.54) is 0 Å². The number of sulfonamides is 1. The molecule has 1 aliphatic rings. The summed E-state index contributed by atoms with van der Waals surface area (Å²) < 4.78 is 41.6. The van der Waals surface area contributed by atoms with E-state index in [0.717, 1.165) is 21.9 Å². The number of fused-ring (bicyclic) bond motifs is 1. The number of ether oxygens (including phenoxy) is 3. The molecule has 1 amide bonds. The Morgan fingerprint density at radius 2 is 1.79 bits per heavy atom. The standard InChI is InChI=1S/C19H22N2O6S/c1-25-16-6-3-14(4-7-16)12-20-19(22)13-21(28(2,23)24)15-5-8-17-18(11-15)27-10-9-26-17/h3-8,11H,9-10,12-13H2,1-2H3,(H,20,22). The summed E-state index contributed by atoms with van der Waals surface area (Å²) in [5.41, 5.74) is 1.21. The second-order valence-electron chi connectivity index (χ2n) is 6.22. The first-order valence-corrected chi connectivity index (χ1v) is 10.5. The molecule has 8 nitrogen and oxygen atoms in total. The van der Waals surface area contributed by atoms with Crippen molar-refractivity contribution in [3.63, 3.8) is 0 Å². The Morgan fingerprint density at radius 1 is 1.11 bits per heavy atom. The van der Waals surface area contributed by atoms with E-state index in [2.05, 4.69) is 5.32 Å². The molecule has 0 radical (unpaired) electrons. The maximum absolute atomic E-state index is 12.4. The van der Waals surface area contributed by atoms with Gasteiger partial charge in [-0.1, -0.05) is 12.1 Å². The Balaban J connectivity index is 1.69. The van der Waals surface area contributed by atoms with Crippen LogP contribution in [0.1, 0.15) is 5.56 Å². The highest BCUT2D eigenvalue weighted by molar-refractivity contribution is 7.92. The third-order valence-corrected chi connectivity index (χ3v) is 5.29. The minimum atomic E-state index is -3.67. The summed E-state index contributed by atoms with van der Waals surface area (Å²) in [7, 11) is -2.09. The van der Waals surface area contributed by atoms with E-state index in [-0.39, 0.29) is 13.1 Å². The quantitative estimate of drug-likeness (QED) is 0.750. The molecule has 0 aromatic heterocycles. The maximum atomic E-state index is 12.4. The van der Waals surface area contributed by atoms with Gasteiger partial charge in [0, 0.05) is 12.6 Å². The Labute approximate surface area is 164 Å². The van der Waals surface area contributed by atoms with Crippen molar-refractivity contribution >= 4 is 21.6 Å². The fourth-order valence-electron chi connectivity index (χ4n) is 2.72. The molecule has 0 atom stereocenters. The van der Waals surface area contributed by atoms with Crippen LogP contribution in [0.25, 0.3) is 0 Å². The van der Waals surface area contributed by atoms with Gasteiger partial charge in [-0.3, -0.25) is 9.10 Å². The highest BCUT2D eigenvalue weighted by Crippen LogP contribution is 2.34. The van der Waals surface area contributed by atoms with Crippen LogP contribution in [0.4, 0.5) is 5.69 Å². The lowest BCUT2D eigenvalue weighted by Crippen LogP contribution is -2.40. The number of hydrogen-bond acceptors (Lipinski definition) is 6. The first-order valence-electron chi connectivity index (χ1n) is 8.64. The monoisotopic (exact) mass is 406 g/mol. The molecule has 2 aromatic rings. The molecule has 0 aliphatic carbocycles. The molecular formula is C19H22N2O6S. The van der Waals surface area contributed by atoms with Crippen LogP contribution in [-0.4, -0.2) is 47.4 Å². The van der Waals surface area contributed by atoms with Gasteiger partial charge in [0.25, 0.3) is 0 Å². The first-order chi connectivity index (χ1) is 13.4. The van der Waals surface area contributed by atoms with Crippen molar-refractivity contribution in [3.05, 3.63) is 48.0 Å². The predicted octanol–water partition coefficient (Wildman–Crippen LogP) is 1.55. The smallest absolute Gasteiger partial charge is 0.241 e. The van der Waals surface area contributed by atoms with Crippen LogP contribution < -0.4 is 23.8 Å². The van der Waals surface area contributed by atoms with Crippen LogP contribution in [0.15, 0.2) is 42.5 Å². The topological polar surface area (TPSA) is 94.2 Å². The van der Waals surface area contributed by atoms with Gasteiger partial charge in [0.2, 0.25) is 15.9 Å². The number of benzene rings is 2. The van der Waals surface area contributed by atoms with Crippen molar-refractivity contribution in [2.24, 2.45) is 0 Å². The van der Waals surface area contributed by atoms with Crippen LogP contribution in [0.2, 0.25) is 0 Å². The average molecular weight is 406 g/mol. The molecule has 0 bridgehead atoms. The van der Waals surface area contributed by atoms with Gasteiger partial charge in [0.15, 0.2) is 11.5 Å². The van der Waals surface area contributed by atoms with E-state index in [1.807, 2.05) is 12.1 Å². The zero-order chi connectivity index (χ0) is 20.1. The molecule has 2 aromatic carbocycles. The summed E-state index contributed by atoms with van der Waals surface area (Å²) in [6, 6.07) is 12.0. The largest absolute Gasteiger partial charge is 0.497 e. The number of anilines is 1. The van der Waals surface area contributed by atoms with Gasteiger partial charge < -0.3 is 19.5 Å². The molecule has 0 unspecified atom stereocenters. The molecule has 0 spiro atoms. The second kappa shape index (κ2) is 8.39. The van der Waals surface area contributed by atoms with Crippen molar-refractivity contribution in [2.75, 3.05) is 37.4 Å². The number of nitrogens with one attached hydrogen (secondary N) is 1. The Bertz CT molecular complexity index is 943. The van der Waals surface area contributed by atoms with Gasteiger partial charge in [0.05, 0.1) is 19.1 Å². The molecule has 1 aliphatic heterocycles. The van der Waals surface area contributed by atoms with Crippen molar-refractivity contribution in [1.29, 1.82) is 0 Å². The van der Waals surface area contributed by atoms with Gasteiger partial charge in [-0.2, -0.15) is 0 Å². The molecular weight excluding hydrogens is 384 g/mol. The van der Waals surface area contributed by atoms with Crippen molar-refractivity contribution in [1.82, 2.24) is 5.32 Å². The average Bonchev–Trinajstić information content (AvgIpc) is 2.69. The van der Waals surface area contributed by atoms with Crippen molar-refractivity contribution < 1.29 is 27.4 Å². The van der Waals surface area contributed by atoms with Crippen molar-refractivity contribution in [3.8, 4) is 17.2 Å². The third-order valence-electron chi connectivity index (χ3n) is 4.15. The van der Waals surface area contributed by atoms with E-state index in [0.29, 0.717) is 30.4 Å². The van der Waals surface area contributed by atoms with Gasteiger partial charge in [0.1, 0.15) is 25.5 Å². The fraction of sp³-hybridized carbons (Fsp3) is 0.316. The number of carbonyl (C=O) groups excluding carboxylic acids is 1. The normalized spacial score (nSPS) is 12.9. The molecule has 0 saturated carbocycles. The Morgan fingerprint density at radius 3 is 2.43 bits per heavy atom. The molecule has 0 fully saturated rings. The first kappa shape index (κ1) is 19.8. The maximum Gasteiger partial charge on any atom is 0.241 e. The molecule has 1 heterocycles. The molecule has 1 N–H and O–H groups in total. The molecule has 3 rings (SSSR count). The summed E-state index contributed by atoms with van der Waals surface area (Å²) in [6.45, 7) is 0.768. The second-order valence-corrected chi connectivity index (χ2v) is 8.13. The highest BCUT2D eigenvalue weighted by atomic mass is 32.2. The zero-order valence-electron chi connectivity index (χ0n) is 15.7. The lowest BCUT2D eigenvalue weighted by atomic mass is 10.2. The van der Waals surface area contributed by atoms with Crippen LogP contribution in [0, 0.1) is 0 Å². The third kappa shape index (κ3) is 4.86. The highest BCUT2D eigenvalue weighted by Gasteiger charge is 2.23. The fourth-order valence-corrected chi connectivity index (χ4v) is 3.57. The van der Waals surface area contributed by atoms with E-state index < -0.39 is 15.9 Å². The SMILES string of the molecule is COc1ccc(CNC(=O)CN(c2ccc3c(c2)OCCO3)S(C)(=O)=O)cc1. The zero-order valence-corrected chi connectivity index (χ0v) is 16.5. The molecule has 0 saturated heterocycles. The minimum absolute atomic E-state index is 0.279. The number of amides is 1. The van der Waals surface area contributed by atoms with E-state index >= 15 is 0 Å². The minimum Gasteiger partial charge on any atom is -0.497 e. The Kier molecular flexibility index (Phi) is 5.93. The van der Waals surface area contributed by atoms with E-state index in [1.54, 1.807) is 37.4 Å². The number of carbonyl (C=O) groups is 1. The lowest BCUT2D eigenvalue weighted by Gasteiger charge is -2.24. The molecule has 150 valence electrons. The van der Waals surface area contributed by atoms with Gasteiger partial charge in [-0.25, -0.2) is 8.42 Å². The van der Waals surface area contributed by atoms with Gasteiger partial charge in [-0.05, 0) is 29.8 Å². The van der Waals surface area contributed by atoms with Crippen LogP contribution in [-0.2, 0) is 21.4 Å². The van der Waals surface area contributed by atoms with Crippen molar-refractivity contribution in [2.45, 2.75) is 6.54 Å². The number of nitrogens with zero attached hydrogens (tertiary/aromatic N) is 1. The number of rotatable bonds is 7. The van der Waals surface area contributed by atoms with E-state index in [4.69, 9.17) is 14.2 Å². The van der Waals surface area contributed by atoms with Crippen LogP contribution in [0.5, 0.6) is 17.2 Å². The van der Waals surface area contributed by atoms with Crippen LogP contribution in [0.3, 0.4) is 0 Å². The number of methoxy groups -OCH3 is 1. The van der Waals surface area contributed by atoms with E-state index in [9.17, 15) is 13.2 Å². The lowest BCUT2D eigenvalue weighted by molar-refractivity contribution is -0.119. The molecule has 28 heavy (non-hydrogen) atoms. The summed E-state index contributed by atoms with van der Waals surface area (Å²) in [5.74, 6) is 1.30. The predicted molar refractivity (Wildman–Crippen MR) is 104 cm³/mol. The summed E-state index contributed by atoms with van der Waals surface area (Å²) >= 11 is 0.